The van der Waals surface area contributed by atoms with Crippen LogP contribution in [0.2, 0.25) is 0 Å². The number of nitrogens with two attached hydrogens (primary N) is 1. The minimum Gasteiger partial charge on any atom is -0.421 e. The monoisotopic (exact) mass is 435 g/mol. The van der Waals surface area contributed by atoms with Crippen molar-refractivity contribution >= 4 is 11.7 Å². The van der Waals surface area contributed by atoms with Gasteiger partial charge in [-0.05, 0) is 17.7 Å². The van der Waals surface area contributed by atoms with Gasteiger partial charge in [0.15, 0.2) is 0 Å². The van der Waals surface area contributed by atoms with Gasteiger partial charge in [-0.25, -0.2) is 4.79 Å². The van der Waals surface area contributed by atoms with E-state index < -0.39 is 11.7 Å². The molecule has 31 heavy (non-hydrogen) atoms. The number of nitrogens with zero attached hydrogens (tertiary/aromatic N) is 6. The van der Waals surface area contributed by atoms with Crippen LogP contribution in [0.15, 0.2) is 35.0 Å². The van der Waals surface area contributed by atoms with Gasteiger partial charge in [0.25, 0.3) is 0 Å². The molecule has 0 unspecified atom stereocenters. The molecule has 1 saturated heterocycles. The fourth-order valence-corrected chi connectivity index (χ4v) is 3.45. The Morgan fingerprint density at radius 1 is 1.19 bits per heavy atom. The van der Waals surface area contributed by atoms with Crippen molar-refractivity contribution in [3.8, 4) is 11.5 Å². The molecular formula is C19H20F3N7O2. The van der Waals surface area contributed by atoms with Gasteiger partial charge in [0.2, 0.25) is 11.8 Å². The summed E-state index contributed by atoms with van der Waals surface area (Å²) < 4.78 is 47.5. The molecule has 0 bridgehead atoms. The number of aryl methyl sites for hydroxylation is 1. The molecule has 0 spiro atoms. The summed E-state index contributed by atoms with van der Waals surface area (Å²) in [6.07, 6.45) is -1.72. The zero-order valence-electron chi connectivity index (χ0n) is 16.6. The highest BCUT2D eigenvalue weighted by Crippen LogP contribution is 2.35. The fourth-order valence-electron chi connectivity index (χ4n) is 3.45. The highest BCUT2D eigenvalue weighted by Gasteiger charge is 2.35. The number of rotatable bonds is 3. The van der Waals surface area contributed by atoms with Gasteiger partial charge in [0.05, 0.1) is 23.6 Å². The Morgan fingerprint density at radius 3 is 2.52 bits per heavy atom. The summed E-state index contributed by atoms with van der Waals surface area (Å²) in [6, 6.07) is 3.69. The second kappa shape index (κ2) is 8.02. The van der Waals surface area contributed by atoms with Crippen molar-refractivity contribution in [1.82, 2.24) is 29.8 Å². The van der Waals surface area contributed by atoms with E-state index >= 15 is 0 Å². The molecule has 1 aliphatic heterocycles. The Hall–Kier alpha value is -3.41. The van der Waals surface area contributed by atoms with Crippen LogP contribution in [0.4, 0.5) is 23.7 Å². The molecular weight excluding hydrogens is 415 g/mol. The largest absolute Gasteiger partial charge is 0.421 e. The second-order valence-electron chi connectivity index (χ2n) is 7.26. The average molecular weight is 435 g/mol. The normalized spacial score (nSPS) is 15.4. The molecule has 3 aromatic rings. The standard InChI is InChI=1S/C19H20F3N7O2/c1-12-25-26-17(31-12)13-2-3-14(16(8-13)19(20,21)22)10-27-4-6-28(7-5-27)18(30)29-11-15(23)9-24-29/h2-3,8-9,11H,4-7,10,23H2,1H3. The number of hydrogen-bond donors (Lipinski definition) is 1. The smallest absolute Gasteiger partial charge is 0.416 e. The lowest BCUT2D eigenvalue weighted by Crippen LogP contribution is -2.49. The maximum atomic E-state index is 13.7. The summed E-state index contributed by atoms with van der Waals surface area (Å²) in [7, 11) is 0. The zero-order chi connectivity index (χ0) is 22.2. The Bertz CT molecular complexity index is 1080. The summed E-state index contributed by atoms with van der Waals surface area (Å²) in [5.74, 6) is 0.318. The van der Waals surface area contributed by atoms with E-state index in [1.165, 1.54) is 18.5 Å². The number of benzene rings is 1. The lowest BCUT2D eigenvalue weighted by atomic mass is 10.0. The highest BCUT2D eigenvalue weighted by atomic mass is 19.4. The number of carbonyl (C=O) groups is 1. The number of halogens is 3. The maximum absolute atomic E-state index is 13.7. The molecule has 0 radical (unpaired) electrons. The molecule has 164 valence electrons. The van der Waals surface area contributed by atoms with E-state index in [0.29, 0.717) is 31.9 Å². The van der Waals surface area contributed by atoms with E-state index in [2.05, 4.69) is 15.3 Å². The Kier molecular flexibility index (Phi) is 5.39. The molecule has 0 aliphatic carbocycles. The van der Waals surface area contributed by atoms with Gasteiger partial charge in [-0.15, -0.1) is 10.2 Å². The molecule has 0 atom stereocenters. The van der Waals surface area contributed by atoms with Crippen LogP contribution in [-0.4, -0.2) is 62.0 Å². The highest BCUT2D eigenvalue weighted by molar-refractivity contribution is 5.76. The van der Waals surface area contributed by atoms with Crippen LogP contribution in [0.25, 0.3) is 11.5 Å². The number of piperazine rings is 1. The van der Waals surface area contributed by atoms with Crippen LogP contribution in [0.1, 0.15) is 17.0 Å². The zero-order valence-corrected chi connectivity index (χ0v) is 16.6. The summed E-state index contributed by atoms with van der Waals surface area (Å²) in [5.41, 5.74) is 5.58. The number of anilines is 1. The van der Waals surface area contributed by atoms with Crippen molar-refractivity contribution in [2.45, 2.75) is 19.6 Å². The minimum atomic E-state index is -4.53. The molecule has 12 heteroatoms. The van der Waals surface area contributed by atoms with Crippen molar-refractivity contribution in [2.75, 3.05) is 31.9 Å². The van der Waals surface area contributed by atoms with E-state index in [-0.39, 0.29) is 35.5 Å². The third kappa shape index (κ3) is 4.53. The van der Waals surface area contributed by atoms with Crippen LogP contribution >= 0.6 is 0 Å². The van der Waals surface area contributed by atoms with Crippen LogP contribution in [-0.2, 0) is 12.7 Å². The molecule has 0 saturated carbocycles. The number of hydrogen-bond acceptors (Lipinski definition) is 7. The van der Waals surface area contributed by atoms with Crippen molar-refractivity contribution in [3.63, 3.8) is 0 Å². The molecule has 2 N–H and O–H groups in total. The van der Waals surface area contributed by atoms with Crippen LogP contribution in [0, 0.1) is 6.92 Å². The van der Waals surface area contributed by atoms with Crippen LogP contribution in [0.5, 0.6) is 0 Å². The number of aromatic nitrogens is 4. The van der Waals surface area contributed by atoms with E-state index in [4.69, 9.17) is 10.2 Å². The van der Waals surface area contributed by atoms with Gasteiger partial charge < -0.3 is 15.1 Å². The Balaban J connectivity index is 1.46. The first-order chi connectivity index (χ1) is 14.7. The van der Waals surface area contributed by atoms with Gasteiger partial charge >= 0.3 is 12.2 Å². The number of nitrogen functional groups attached to an aromatic ring is 1. The summed E-state index contributed by atoms with van der Waals surface area (Å²) in [5, 5.41) is 11.3. The fraction of sp³-hybridized carbons (Fsp3) is 0.368. The quantitative estimate of drug-likeness (QED) is 0.674. The molecule has 4 rings (SSSR count). The first-order valence-corrected chi connectivity index (χ1v) is 9.53. The van der Waals surface area contributed by atoms with Gasteiger partial charge in [-0.1, -0.05) is 6.07 Å². The summed E-state index contributed by atoms with van der Waals surface area (Å²) >= 11 is 0. The molecule has 9 nitrogen and oxygen atoms in total. The van der Waals surface area contributed by atoms with Gasteiger partial charge in [0, 0.05) is 45.2 Å². The molecule has 2 aromatic heterocycles. The first-order valence-electron chi connectivity index (χ1n) is 9.53. The number of carbonyl (C=O) groups excluding carboxylic acids is 1. The second-order valence-corrected chi connectivity index (χ2v) is 7.26. The SMILES string of the molecule is Cc1nnc(-c2ccc(CN3CCN(C(=O)n4cc(N)cn4)CC3)c(C(F)(F)F)c2)o1. The number of alkyl halides is 3. The van der Waals surface area contributed by atoms with E-state index in [1.54, 1.807) is 17.9 Å². The summed E-state index contributed by atoms with van der Waals surface area (Å²) in [4.78, 5) is 15.9. The first kappa shape index (κ1) is 20.8. The lowest BCUT2D eigenvalue weighted by Gasteiger charge is -2.34. The van der Waals surface area contributed by atoms with Crippen molar-refractivity contribution in [1.29, 1.82) is 0 Å². The molecule has 1 amide bonds. The molecule has 1 aromatic carbocycles. The predicted octanol–water partition coefficient (Wildman–Crippen LogP) is 2.63. The topological polar surface area (TPSA) is 106 Å². The Labute approximate surface area is 175 Å². The third-order valence-corrected chi connectivity index (χ3v) is 5.02. The summed E-state index contributed by atoms with van der Waals surface area (Å²) in [6.45, 7) is 3.29. The lowest BCUT2D eigenvalue weighted by molar-refractivity contribution is -0.138. The minimum absolute atomic E-state index is 0.0425. The van der Waals surface area contributed by atoms with Crippen LogP contribution in [0.3, 0.4) is 0 Å². The predicted molar refractivity (Wildman–Crippen MR) is 104 cm³/mol. The number of amides is 1. The molecule has 1 aliphatic rings. The van der Waals surface area contributed by atoms with Crippen molar-refractivity contribution in [2.24, 2.45) is 0 Å². The molecule has 3 heterocycles. The van der Waals surface area contributed by atoms with E-state index in [1.807, 2.05) is 4.90 Å². The van der Waals surface area contributed by atoms with Crippen LogP contribution < -0.4 is 5.73 Å². The van der Waals surface area contributed by atoms with E-state index in [9.17, 15) is 18.0 Å². The van der Waals surface area contributed by atoms with Crippen molar-refractivity contribution in [3.05, 3.63) is 47.6 Å². The molecule has 1 fully saturated rings. The van der Waals surface area contributed by atoms with Gasteiger partial charge in [-0.2, -0.15) is 23.0 Å². The van der Waals surface area contributed by atoms with Gasteiger partial charge in [0.1, 0.15) is 0 Å². The third-order valence-electron chi connectivity index (χ3n) is 5.02. The van der Waals surface area contributed by atoms with Gasteiger partial charge in [-0.3, -0.25) is 4.90 Å². The van der Waals surface area contributed by atoms with E-state index in [0.717, 1.165) is 10.7 Å². The maximum Gasteiger partial charge on any atom is 0.416 e. The van der Waals surface area contributed by atoms with Crippen molar-refractivity contribution < 1.29 is 22.4 Å². The Morgan fingerprint density at radius 2 is 1.94 bits per heavy atom. The average Bonchev–Trinajstić information content (AvgIpc) is 3.36.